The highest BCUT2D eigenvalue weighted by atomic mass is 16.6. The van der Waals surface area contributed by atoms with E-state index in [9.17, 15) is 0 Å². The summed E-state index contributed by atoms with van der Waals surface area (Å²) in [4.78, 5) is 3.20. The summed E-state index contributed by atoms with van der Waals surface area (Å²) < 4.78 is 10.8. The maximum Gasteiger partial charge on any atom is 0.658 e. The van der Waals surface area contributed by atoms with Crippen LogP contribution in [0.3, 0.4) is 0 Å². The van der Waals surface area contributed by atoms with Crippen molar-refractivity contribution in [3.05, 3.63) is 82.3 Å². The van der Waals surface area contributed by atoms with Crippen LogP contribution in [0.5, 0.6) is 11.5 Å². The van der Waals surface area contributed by atoms with Crippen molar-refractivity contribution in [2.75, 3.05) is 0 Å². The van der Waals surface area contributed by atoms with E-state index in [0.29, 0.717) is 22.6 Å². The molecule has 1 radical (unpaired) electrons. The van der Waals surface area contributed by atoms with E-state index in [0.717, 1.165) is 11.1 Å². The van der Waals surface area contributed by atoms with Gasteiger partial charge in [0.15, 0.2) is 0 Å². The van der Waals surface area contributed by atoms with Crippen molar-refractivity contribution in [2.45, 2.75) is 13.8 Å². The Labute approximate surface area is 170 Å². The number of nitrogens with zero attached hydrogens (tertiary/aromatic N) is 4. The molecular weight excluding hydrogens is 363 g/mol. The highest BCUT2D eigenvalue weighted by Gasteiger charge is 2.07. The van der Waals surface area contributed by atoms with Gasteiger partial charge in [-0.05, 0) is 60.4 Å². The summed E-state index contributed by atoms with van der Waals surface area (Å²) in [5.74, 6) is 1.06. The Kier molecular flexibility index (Phi) is 7.21. The lowest BCUT2D eigenvalue weighted by Crippen LogP contribution is -2.10. The second-order valence-electron chi connectivity index (χ2n) is 5.80. The standard InChI is InChI=1S/C22H14BN4O2/c1-15(19(12-24)13-25)17-4-8-20(9-5-17)28-23-29-21-10-6-18(7-11-21)16(2)22(14-26)27-3/h4-11H,1-2H3/b22-16+. The molecule has 0 unspecified atom stereocenters. The maximum atomic E-state index is 8.94. The van der Waals surface area contributed by atoms with E-state index >= 15 is 0 Å². The summed E-state index contributed by atoms with van der Waals surface area (Å²) in [6.07, 6.45) is 0. The van der Waals surface area contributed by atoms with Crippen LogP contribution in [0.15, 0.2) is 59.8 Å². The molecule has 2 aromatic carbocycles. The molecule has 0 atom stereocenters. The maximum absolute atomic E-state index is 8.94. The fourth-order valence-corrected chi connectivity index (χ4v) is 2.37. The molecule has 7 heteroatoms. The minimum Gasteiger partial charge on any atom is -0.526 e. The molecule has 0 aliphatic heterocycles. The van der Waals surface area contributed by atoms with Crippen LogP contribution in [0, 0.1) is 40.6 Å². The van der Waals surface area contributed by atoms with Gasteiger partial charge in [0.1, 0.15) is 29.2 Å². The van der Waals surface area contributed by atoms with Crippen LogP contribution in [0.1, 0.15) is 25.0 Å². The summed E-state index contributed by atoms with van der Waals surface area (Å²) >= 11 is 0. The van der Waals surface area contributed by atoms with Gasteiger partial charge in [0.05, 0.1) is 12.6 Å². The molecule has 0 amide bonds. The zero-order valence-corrected chi connectivity index (χ0v) is 15.8. The molecule has 0 aliphatic rings. The largest absolute Gasteiger partial charge is 0.658 e. The first-order valence-corrected chi connectivity index (χ1v) is 8.39. The second kappa shape index (κ2) is 10.0. The van der Waals surface area contributed by atoms with Crippen LogP contribution >= 0.6 is 0 Å². The van der Waals surface area contributed by atoms with Crippen molar-refractivity contribution in [3.63, 3.8) is 0 Å². The monoisotopic (exact) mass is 377 g/mol. The van der Waals surface area contributed by atoms with E-state index in [-0.39, 0.29) is 11.3 Å². The van der Waals surface area contributed by atoms with E-state index in [1.807, 2.05) is 18.2 Å². The number of hydrogen-bond acceptors (Lipinski definition) is 5. The first kappa shape index (κ1) is 20.9. The molecule has 0 fully saturated rings. The van der Waals surface area contributed by atoms with Gasteiger partial charge < -0.3 is 9.31 Å². The predicted molar refractivity (Wildman–Crippen MR) is 109 cm³/mol. The average molecular weight is 377 g/mol. The highest BCUT2D eigenvalue weighted by Crippen LogP contribution is 2.23. The summed E-state index contributed by atoms with van der Waals surface area (Å²) in [5.41, 5.74) is 2.85. The van der Waals surface area contributed by atoms with E-state index in [4.69, 9.17) is 31.7 Å². The third kappa shape index (κ3) is 5.27. The summed E-state index contributed by atoms with van der Waals surface area (Å²) in [6.45, 7) is 10.4. The topological polar surface area (TPSA) is 94.2 Å². The Bertz CT molecular complexity index is 997. The molecule has 29 heavy (non-hydrogen) atoms. The molecule has 6 nitrogen and oxygen atoms in total. The lowest BCUT2D eigenvalue weighted by molar-refractivity contribution is 0.459. The Balaban J connectivity index is 1.98. The van der Waals surface area contributed by atoms with Gasteiger partial charge in [-0.1, -0.05) is 24.3 Å². The molecule has 2 aromatic rings. The third-order valence-corrected chi connectivity index (χ3v) is 4.11. The number of nitriles is 3. The van der Waals surface area contributed by atoms with Crippen molar-refractivity contribution in [3.8, 4) is 29.7 Å². The van der Waals surface area contributed by atoms with E-state index in [1.54, 1.807) is 62.4 Å². The second-order valence-corrected chi connectivity index (χ2v) is 5.80. The average Bonchev–Trinajstić information content (AvgIpc) is 2.76. The number of rotatable bonds is 6. The van der Waals surface area contributed by atoms with E-state index in [2.05, 4.69) is 4.85 Å². The first-order valence-electron chi connectivity index (χ1n) is 8.39. The number of benzene rings is 2. The smallest absolute Gasteiger partial charge is 0.526 e. The minimum absolute atomic E-state index is 0.0544. The zero-order valence-electron chi connectivity index (χ0n) is 15.8. The van der Waals surface area contributed by atoms with Gasteiger partial charge in [-0.2, -0.15) is 10.5 Å². The van der Waals surface area contributed by atoms with Crippen LogP contribution < -0.4 is 9.31 Å². The predicted octanol–water partition coefficient (Wildman–Crippen LogP) is 4.67. The van der Waals surface area contributed by atoms with Crippen LogP contribution in [0.4, 0.5) is 0 Å². The molecule has 0 spiro atoms. The number of hydrogen-bond donors (Lipinski definition) is 0. The lowest BCUT2D eigenvalue weighted by atomic mass is 10.0. The van der Waals surface area contributed by atoms with Gasteiger partial charge >= 0.3 is 7.69 Å². The van der Waals surface area contributed by atoms with Crippen molar-refractivity contribution < 1.29 is 9.31 Å². The summed E-state index contributed by atoms with van der Waals surface area (Å²) in [5, 5.41) is 26.8. The van der Waals surface area contributed by atoms with Crippen molar-refractivity contribution in [1.82, 2.24) is 0 Å². The molecule has 2 rings (SSSR count). The molecule has 0 heterocycles. The zero-order chi connectivity index (χ0) is 21.2. The van der Waals surface area contributed by atoms with Gasteiger partial charge in [-0.3, -0.25) is 0 Å². The highest BCUT2D eigenvalue weighted by molar-refractivity contribution is 6.20. The van der Waals surface area contributed by atoms with E-state index in [1.165, 1.54) is 7.69 Å². The lowest BCUT2D eigenvalue weighted by Gasteiger charge is -2.09. The minimum atomic E-state index is 0.0544. The molecule has 0 saturated carbocycles. The van der Waals surface area contributed by atoms with Crippen molar-refractivity contribution in [2.24, 2.45) is 0 Å². The van der Waals surface area contributed by atoms with Gasteiger partial charge in [0.25, 0.3) is 5.70 Å². The molecule has 0 bridgehead atoms. The SMILES string of the molecule is [C-]#[N+]/C(C#N)=C(\C)c1ccc(O[B]Oc2ccc(C(C)=C(C#N)C#N)cc2)cc1. The Hall–Kier alpha value is -4.46. The Morgan fingerprint density at radius 2 is 1.24 bits per heavy atom. The number of allylic oxidation sites excluding steroid dienone is 4. The van der Waals surface area contributed by atoms with Gasteiger partial charge in [-0.15, -0.1) is 0 Å². The summed E-state index contributed by atoms with van der Waals surface area (Å²) in [6, 6.07) is 19.5. The van der Waals surface area contributed by atoms with Gasteiger partial charge in [0.2, 0.25) is 0 Å². The van der Waals surface area contributed by atoms with Crippen LogP contribution in [0.25, 0.3) is 16.0 Å². The molecular formula is C22H14BN4O2. The van der Waals surface area contributed by atoms with Crippen molar-refractivity contribution in [1.29, 1.82) is 15.8 Å². The van der Waals surface area contributed by atoms with E-state index < -0.39 is 0 Å². The van der Waals surface area contributed by atoms with Crippen molar-refractivity contribution >= 4 is 18.8 Å². The normalized spacial score (nSPS) is 10.1. The van der Waals surface area contributed by atoms with Gasteiger partial charge in [0, 0.05) is 0 Å². The van der Waals surface area contributed by atoms with Crippen LogP contribution in [-0.4, -0.2) is 7.69 Å². The fourth-order valence-electron chi connectivity index (χ4n) is 2.37. The van der Waals surface area contributed by atoms with Gasteiger partial charge in [-0.25, -0.2) is 10.1 Å². The molecule has 0 saturated heterocycles. The summed E-state index contributed by atoms with van der Waals surface area (Å²) in [7, 11) is 1.19. The van der Waals surface area contributed by atoms with Crippen LogP contribution in [-0.2, 0) is 0 Å². The Morgan fingerprint density at radius 3 is 1.62 bits per heavy atom. The molecule has 0 aromatic heterocycles. The quantitative estimate of drug-likeness (QED) is 0.414. The first-order chi connectivity index (χ1) is 14.0. The fraction of sp³-hybridized carbons (Fsp3) is 0.0909. The Morgan fingerprint density at radius 1 is 0.793 bits per heavy atom. The third-order valence-electron chi connectivity index (χ3n) is 4.11. The molecule has 137 valence electrons. The molecule has 0 N–H and O–H groups in total. The van der Waals surface area contributed by atoms with Crippen LogP contribution in [0.2, 0.25) is 0 Å². The molecule has 0 aliphatic carbocycles.